The van der Waals surface area contributed by atoms with Gasteiger partial charge in [0, 0.05) is 20.3 Å². The highest BCUT2D eigenvalue weighted by Crippen LogP contribution is 2.37. The zero-order valence-electron chi connectivity index (χ0n) is 9.58. The van der Waals surface area contributed by atoms with E-state index in [0.29, 0.717) is 13.0 Å². The lowest BCUT2D eigenvalue weighted by Gasteiger charge is -2.39. The monoisotopic (exact) mass is 215 g/mol. The Morgan fingerprint density at radius 1 is 1.60 bits per heavy atom. The molecule has 0 saturated heterocycles. The first-order valence-corrected chi connectivity index (χ1v) is 5.54. The van der Waals surface area contributed by atoms with Crippen LogP contribution in [-0.4, -0.2) is 36.9 Å². The van der Waals surface area contributed by atoms with E-state index in [1.54, 1.807) is 7.11 Å². The van der Waals surface area contributed by atoms with Gasteiger partial charge >= 0.3 is 0 Å². The molecule has 1 aliphatic carbocycles. The zero-order valence-corrected chi connectivity index (χ0v) is 9.58. The number of methoxy groups -OCH3 is 1. The number of carbonyl (C=O) groups is 1. The van der Waals surface area contributed by atoms with Gasteiger partial charge in [0.1, 0.15) is 0 Å². The molecule has 1 aliphatic rings. The van der Waals surface area contributed by atoms with Crippen LogP contribution in [0.25, 0.3) is 0 Å². The predicted octanol–water partition coefficient (Wildman–Crippen LogP) is 0.690. The van der Waals surface area contributed by atoms with Gasteiger partial charge in [-0.25, -0.2) is 0 Å². The van der Waals surface area contributed by atoms with Gasteiger partial charge in [0.15, 0.2) is 0 Å². The molecular weight excluding hydrogens is 194 g/mol. The van der Waals surface area contributed by atoms with Crippen molar-refractivity contribution in [3.63, 3.8) is 0 Å². The minimum atomic E-state index is -0.202. The van der Waals surface area contributed by atoms with Crippen LogP contribution in [0.15, 0.2) is 0 Å². The van der Waals surface area contributed by atoms with E-state index < -0.39 is 0 Å². The van der Waals surface area contributed by atoms with Crippen LogP contribution < -0.4 is 5.32 Å². The molecule has 0 aliphatic heterocycles. The molecule has 0 radical (unpaired) electrons. The van der Waals surface area contributed by atoms with E-state index in [1.165, 1.54) is 0 Å². The van der Waals surface area contributed by atoms with Crippen LogP contribution in [-0.2, 0) is 9.53 Å². The number of aliphatic hydroxyl groups is 1. The summed E-state index contributed by atoms with van der Waals surface area (Å²) in [6, 6.07) is 0. The van der Waals surface area contributed by atoms with Gasteiger partial charge < -0.3 is 15.2 Å². The Bertz CT molecular complexity index is 208. The summed E-state index contributed by atoms with van der Waals surface area (Å²) < 4.78 is 5.37. The fourth-order valence-electron chi connectivity index (χ4n) is 1.73. The lowest BCUT2D eigenvalue weighted by molar-refractivity contribution is -0.134. The molecule has 1 unspecified atom stereocenters. The van der Waals surface area contributed by atoms with Crippen LogP contribution in [0.4, 0.5) is 0 Å². The topological polar surface area (TPSA) is 58.6 Å². The van der Waals surface area contributed by atoms with E-state index in [2.05, 4.69) is 5.32 Å². The molecule has 1 saturated carbocycles. The first kappa shape index (κ1) is 12.5. The van der Waals surface area contributed by atoms with Gasteiger partial charge in [-0.15, -0.1) is 0 Å². The number of ether oxygens (including phenoxy) is 1. The third-order valence-corrected chi connectivity index (χ3v) is 3.14. The van der Waals surface area contributed by atoms with Gasteiger partial charge in [0.05, 0.1) is 12.0 Å². The van der Waals surface area contributed by atoms with Crippen molar-refractivity contribution >= 4 is 5.91 Å². The minimum absolute atomic E-state index is 0.0249. The molecule has 2 N–H and O–H groups in total. The van der Waals surface area contributed by atoms with Crippen LogP contribution in [0.2, 0.25) is 0 Å². The normalized spacial score (nSPS) is 20.5. The Balaban J connectivity index is 2.23. The van der Waals surface area contributed by atoms with Gasteiger partial charge in [0.2, 0.25) is 5.91 Å². The highest BCUT2D eigenvalue weighted by atomic mass is 16.5. The second-order valence-electron chi connectivity index (χ2n) is 4.51. The summed E-state index contributed by atoms with van der Waals surface area (Å²) in [7, 11) is 1.67. The molecule has 15 heavy (non-hydrogen) atoms. The van der Waals surface area contributed by atoms with Crippen molar-refractivity contribution < 1.29 is 14.6 Å². The number of carbonyl (C=O) groups excluding carboxylic acids is 1. The quantitative estimate of drug-likeness (QED) is 0.685. The van der Waals surface area contributed by atoms with Crippen LogP contribution in [0.1, 0.15) is 32.6 Å². The first-order chi connectivity index (χ1) is 7.12. The lowest BCUT2D eigenvalue weighted by atomic mass is 9.77. The fourth-order valence-corrected chi connectivity index (χ4v) is 1.73. The molecule has 1 amide bonds. The number of rotatable bonds is 6. The number of aliphatic hydroxyl groups excluding tert-OH is 1. The van der Waals surface area contributed by atoms with Crippen molar-refractivity contribution in [3.05, 3.63) is 0 Å². The van der Waals surface area contributed by atoms with E-state index in [4.69, 9.17) is 9.84 Å². The fraction of sp³-hybridized carbons (Fsp3) is 0.909. The molecule has 0 aromatic heterocycles. The van der Waals surface area contributed by atoms with Crippen LogP contribution >= 0.6 is 0 Å². The molecule has 88 valence electrons. The minimum Gasteiger partial charge on any atom is -0.396 e. The lowest BCUT2D eigenvalue weighted by Crippen LogP contribution is -2.44. The van der Waals surface area contributed by atoms with Gasteiger partial charge in [-0.2, -0.15) is 0 Å². The Labute approximate surface area is 91.0 Å². The standard InChI is InChI=1S/C11H21NO3/c1-9(8-13)7-12-10(14)6-11(15-2)4-3-5-11/h9,13H,3-8H2,1-2H3,(H,12,14). The molecule has 1 fully saturated rings. The second-order valence-corrected chi connectivity index (χ2v) is 4.51. The van der Waals surface area contributed by atoms with E-state index >= 15 is 0 Å². The molecule has 1 atom stereocenters. The average Bonchev–Trinajstić information content (AvgIpc) is 2.20. The Hall–Kier alpha value is -0.610. The number of amides is 1. The molecule has 0 bridgehead atoms. The summed E-state index contributed by atoms with van der Waals surface area (Å²) in [5, 5.41) is 11.6. The molecule has 4 heteroatoms. The van der Waals surface area contributed by atoms with Crippen LogP contribution in [0.5, 0.6) is 0 Å². The van der Waals surface area contributed by atoms with Crippen LogP contribution in [0.3, 0.4) is 0 Å². The molecule has 1 rings (SSSR count). The first-order valence-electron chi connectivity index (χ1n) is 5.54. The number of hydrogen-bond acceptors (Lipinski definition) is 3. The van der Waals surface area contributed by atoms with E-state index in [0.717, 1.165) is 19.3 Å². The highest BCUT2D eigenvalue weighted by Gasteiger charge is 2.38. The summed E-state index contributed by atoms with van der Waals surface area (Å²) in [6.07, 6.45) is 3.55. The summed E-state index contributed by atoms with van der Waals surface area (Å²) in [5.41, 5.74) is -0.202. The zero-order chi connectivity index (χ0) is 11.3. The van der Waals surface area contributed by atoms with Gasteiger partial charge in [0.25, 0.3) is 0 Å². The maximum atomic E-state index is 11.6. The highest BCUT2D eigenvalue weighted by molar-refractivity contribution is 5.77. The summed E-state index contributed by atoms with van der Waals surface area (Å²) >= 11 is 0. The smallest absolute Gasteiger partial charge is 0.222 e. The van der Waals surface area contributed by atoms with E-state index in [-0.39, 0.29) is 24.0 Å². The van der Waals surface area contributed by atoms with E-state index in [9.17, 15) is 4.79 Å². The maximum Gasteiger partial charge on any atom is 0.222 e. The third kappa shape index (κ3) is 3.47. The van der Waals surface area contributed by atoms with Crippen molar-refractivity contribution in [3.8, 4) is 0 Å². The second kappa shape index (κ2) is 5.47. The summed E-state index contributed by atoms with van der Waals surface area (Å²) in [4.78, 5) is 11.6. The third-order valence-electron chi connectivity index (χ3n) is 3.14. The SMILES string of the molecule is COC1(CC(=O)NCC(C)CO)CCC1. The summed E-state index contributed by atoms with van der Waals surface area (Å²) in [5.74, 6) is 0.144. The molecule has 0 aromatic carbocycles. The molecular formula is C11H21NO3. The summed E-state index contributed by atoms with van der Waals surface area (Å²) in [6.45, 7) is 2.54. The average molecular weight is 215 g/mol. The number of hydrogen-bond donors (Lipinski definition) is 2. The van der Waals surface area contributed by atoms with Crippen molar-refractivity contribution in [1.29, 1.82) is 0 Å². The Morgan fingerprint density at radius 2 is 2.27 bits per heavy atom. The Kier molecular flexibility index (Phi) is 4.54. The van der Waals surface area contributed by atoms with E-state index in [1.807, 2.05) is 6.92 Å². The van der Waals surface area contributed by atoms with Gasteiger partial charge in [-0.3, -0.25) is 4.79 Å². The van der Waals surface area contributed by atoms with Crippen molar-refractivity contribution in [2.75, 3.05) is 20.3 Å². The number of nitrogens with one attached hydrogen (secondary N) is 1. The molecule has 0 heterocycles. The van der Waals surface area contributed by atoms with Crippen molar-refractivity contribution in [2.24, 2.45) is 5.92 Å². The largest absolute Gasteiger partial charge is 0.396 e. The van der Waals surface area contributed by atoms with Gasteiger partial charge in [-0.05, 0) is 25.2 Å². The van der Waals surface area contributed by atoms with Crippen LogP contribution in [0, 0.1) is 5.92 Å². The molecule has 0 spiro atoms. The maximum absolute atomic E-state index is 11.6. The molecule has 0 aromatic rings. The predicted molar refractivity (Wildman–Crippen MR) is 57.5 cm³/mol. The Morgan fingerprint density at radius 3 is 2.67 bits per heavy atom. The van der Waals surface area contributed by atoms with Crippen molar-refractivity contribution in [1.82, 2.24) is 5.32 Å². The van der Waals surface area contributed by atoms with Crippen molar-refractivity contribution in [2.45, 2.75) is 38.2 Å². The van der Waals surface area contributed by atoms with Gasteiger partial charge in [-0.1, -0.05) is 6.92 Å². The molecule has 4 nitrogen and oxygen atoms in total.